The molecule has 0 saturated heterocycles. The fourth-order valence-electron chi connectivity index (χ4n) is 0.596. The molecule has 0 radical (unpaired) electrons. The maximum atomic E-state index is 8.60. The van der Waals surface area contributed by atoms with Crippen molar-refractivity contribution in [1.29, 1.82) is 0 Å². The Hall–Kier alpha value is -0.710. The minimum atomic E-state index is -0.409. The second kappa shape index (κ2) is 5.01. The number of halogens is 1. The Morgan fingerprint density at radius 2 is 2.27 bits per heavy atom. The Labute approximate surface area is 70.9 Å². The average molecular weight is 176 g/mol. The SMILES string of the molecule is Cl.N[C@H](CO)c1cnccn1. The summed E-state index contributed by atoms with van der Waals surface area (Å²) in [6, 6.07) is -0.409. The van der Waals surface area contributed by atoms with E-state index >= 15 is 0 Å². The molecule has 1 aromatic rings. The zero-order chi connectivity index (χ0) is 7.40. The topological polar surface area (TPSA) is 72.0 Å². The fraction of sp³-hybridized carbons (Fsp3) is 0.333. The van der Waals surface area contributed by atoms with E-state index in [4.69, 9.17) is 10.8 Å². The first kappa shape index (κ1) is 10.3. The molecule has 11 heavy (non-hydrogen) atoms. The van der Waals surface area contributed by atoms with E-state index in [1.54, 1.807) is 18.6 Å². The molecule has 0 spiro atoms. The van der Waals surface area contributed by atoms with Gasteiger partial charge in [0.2, 0.25) is 0 Å². The van der Waals surface area contributed by atoms with E-state index in [-0.39, 0.29) is 19.0 Å². The van der Waals surface area contributed by atoms with Crippen molar-refractivity contribution in [2.24, 2.45) is 5.73 Å². The maximum absolute atomic E-state index is 8.60. The van der Waals surface area contributed by atoms with Gasteiger partial charge in [-0.05, 0) is 0 Å². The molecule has 0 bridgehead atoms. The first-order valence-corrected chi connectivity index (χ1v) is 2.97. The molecule has 0 fully saturated rings. The van der Waals surface area contributed by atoms with Crippen molar-refractivity contribution in [3.05, 3.63) is 24.3 Å². The highest BCUT2D eigenvalue weighted by Gasteiger charge is 2.03. The van der Waals surface area contributed by atoms with E-state index in [0.29, 0.717) is 5.69 Å². The zero-order valence-electron chi connectivity index (χ0n) is 5.84. The lowest BCUT2D eigenvalue weighted by Crippen LogP contribution is -2.15. The van der Waals surface area contributed by atoms with Gasteiger partial charge in [-0.15, -0.1) is 12.4 Å². The molecular weight excluding hydrogens is 166 g/mol. The molecule has 1 atom stereocenters. The lowest BCUT2D eigenvalue weighted by atomic mass is 10.2. The number of rotatable bonds is 2. The minimum absolute atomic E-state index is 0. The van der Waals surface area contributed by atoms with Crippen LogP contribution in [0.3, 0.4) is 0 Å². The van der Waals surface area contributed by atoms with Crippen LogP contribution in [0.25, 0.3) is 0 Å². The fourth-order valence-corrected chi connectivity index (χ4v) is 0.596. The molecule has 1 rings (SSSR count). The summed E-state index contributed by atoms with van der Waals surface area (Å²) >= 11 is 0. The van der Waals surface area contributed by atoms with Gasteiger partial charge in [0.05, 0.1) is 24.5 Å². The third-order valence-electron chi connectivity index (χ3n) is 1.16. The van der Waals surface area contributed by atoms with Crippen molar-refractivity contribution in [3.8, 4) is 0 Å². The van der Waals surface area contributed by atoms with Gasteiger partial charge in [-0.25, -0.2) is 0 Å². The summed E-state index contributed by atoms with van der Waals surface area (Å²) in [5.41, 5.74) is 6.06. The van der Waals surface area contributed by atoms with E-state index in [2.05, 4.69) is 9.97 Å². The molecule has 0 aromatic carbocycles. The zero-order valence-corrected chi connectivity index (χ0v) is 6.66. The molecular formula is C6H10ClN3O. The molecule has 1 heterocycles. The highest BCUT2D eigenvalue weighted by molar-refractivity contribution is 5.85. The number of aromatic nitrogens is 2. The monoisotopic (exact) mass is 175 g/mol. The predicted octanol–water partition coefficient (Wildman–Crippen LogP) is -0.110. The highest BCUT2D eigenvalue weighted by atomic mass is 35.5. The third kappa shape index (κ3) is 2.80. The molecule has 4 nitrogen and oxygen atoms in total. The quantitative estimate of drug-likeness (QED) is 0.658. The molecule has 0 aliphatic rings. The van der Waals surface area contributed by atoms with Crippen LogP contribution in [0.2, 0.25) is 0 Å². The first-order valence-electron chi connectivity index (χ1n) is 2.97. The van der Waals surface area contributed by atoms with Crippen LogP contribution in [-0.4, -0.2) is 21.7 Å². The number of nitrogens with zero attached hydrogens (tertiary/aromatic N) is 2. The van der Waals surface area contributed by atoms with Crippen LogP contribution in [0.15, 0.2) is 18.6 Å². The maximum Gasteiger partial charge on any atom is 0.0777 e. The van der Waals surface area contributed by atoms with Crippen molar-refractivity contribution >= 4 is 12.4 Å². The van der Waals surface area contributed by atoms with Crippen LogP contribution in [0.5, 0.6) is 0 Å². The van der Waals surface area contributed by atoms with Crippen molar-refractivity contribution < 1.29 is 5.11 Å². The van der Waals surface area contributed by atoms with Gasteiger partial charge in [-0.1, -0.05) is 0 Å². The Kier molecular flexibility index (Phi) is 4.69. The second-order valence-corrected chi connectivity index (χ2v) is 1.92. The molecule has 3 N–H and O–H groups in total. The van der Waals surface area contributed by atoms with Gasteiger partial charge in [0.15, 0.2) is 0 Å². The van der Waals surface area contributed by atoms with Gasteiger partial charge < -0.3 is 10.8 Å². The van der Waals surface area contributed by atoms with E-state index in [0.717, 1.165) is 0 Å². The lowest BCUT2D eigenvalue weighted by molar-refractivity contribution is 0.265. The van der Waals surface area contributed by atoms with Crippen molar-refractivity contribution in [1.82, 2.24) is 9.97 Å². The molecule has 5 heteroatoms. The lowest BCUT2D eigenvalue weighted by Gasteiger charge is -2.04. The molecule has 62 valence electrons. The van der Waals surface area contributed by atoms with Crippen molar-refractivity contribution in [3.63, 3.8) is 0 Å². The van der Waals surface area contributed by atoms with Gasteiger partial charge in [0.25, 0.3) is 0 Å². The van der Waals surface area contributed by atoms with Crippen LogP contribution < -0.4 is 5.73 Å². The molecule has 0 amide bonds. The molecule has 0 aliphatic heterocycles. The van der Waals surface area contributed by atoms with E-state index in [1.807, 2.05) is 0 Å². The molecule has 1 aromatic heterocycles. The van der Waals surface area contributed by atoms with Gasteiger partial charge in [-0.2, -0.15) is 0 Å². The molecule has 0 aliphatic carbocycles. The van der Waals surface area contributed by atoms with Gasteiger partial charge in [0, 0.05) is 12.4 Å². The summed E-state index contributed by atoms with van der Waals surface area (Å²) in [6.45, 7) is -0.0985. The van der Waals surface area contributed by atoms with Crippen molar-refractivity contribution in [2.75, 3.05) is 6.61 Å². The Balaban J connectivity index is 0.000001000. The van der Waals surface area contributed by atoms with E-state index in [1.165, 1.54) is 0 Å². The normalized spacial score (nSPS) is 11.8. The Morgan fingerprint density at radius 3 is 2.73 bits per heavy atom. The van der Waals surface area contributed by atoms with Crippen LogP contribution in [0.4, 0.5) is 0 Å². The van der Waals surface area contributed by atoms with Gasteiger partial charge in [-0.3, -0.25) is 9.97 Å². The number of hydrogen-bond donors (Lipinski definition) is 2. The number of nitrogens with two attached hydrogens (primary N) is 1. The first-order chi connectivity index (χ1) is 4.84. The van der Waals surface area contributed by atoms with E-state index in [9.17, 15) is 0 Å². The predicted molar refractivity (Wildman–Crippen MR) is 43.3 cm³/mol. The largest absolute Gasteiger partial charge is 0.394 e. The summed E-state index contributed by atoms with van der Waals surface area (Å²) < 4.78 is 0. The number of aliphatic hydroxyl groups is 1. The van der Waals surface area contributed by atoms with Crippen molar-refractivity contribution in [2.45, 2.75) is 6.04 Å². The summed E-state index contributed by atoms with van der Waals surface area (Å²) in [6.07, 6.45) is 4.65. The van der Waals surface area contributed by atoms with Crippen LogP contribution >= 0.6 is 12.4 Å². The summed E-state index contributed by atoms with van der Waals surface area (Å²) in [5, 5.41) is 8.60. The molecule has 0 saturated carbocycles. The Bertz CT molecular complexity index is 194. The standard InChI is InChI=1S/C6H9N3O.ClH/c7-5(4-10)6-3-8-1-2-9-6;/h1-3,5,10H,4,7H2;1H/t5-;/m1./s1. The minimum Gasteiger partial charge on any atom is -0.394 e. The summed E-state index contributed by atoms with van der Waals surface area (Å²) in [7, 11) is 0. The van der Waals surface area contributed by atoms with Gasteiger partial charge >= 0.3 is 0 Å². The summed E-state index contributed by atoms with van der Waals surface area (Å²) in [4.78, 5) is 7.70. The van der Waals surface area contributed by atoms with E-state index < -0.39 is 6.04 Å². The third-order valence-corrected chi connectivity index (χ3v) is 1.16. The highest BCUT2D eigenvalue weighted by Crippen LogP contribution is 2.01. The van der Waals surface area contributed by atoms with Crippen LogP contribution in [0, 0.1) is 0 Å². The average Bonchev–Trinajstić information content (AvgIpc) is 2.05. The smallest absolute Gasteiger partial charge is 0.0777 e. The van der Waals surface area contributed by atoms with Crippen LogP contribution in [0.1, 0.15) is 11.7 Å². The Morgan fingerprint density at radius 1 is 1.55 bits per heavy atom. The number of hydrogen-bond acceptors (Lipinski definition) is 4. The molecule has 0 unspecified atom stereocenters. The second-order valence-electron chi connectivity index (χ2n) is 1.92. The number of aliphatic hydroxyl groups excluding tert-OH is 1. The van der Waals surface area contributed by atoms with Gasteiger partial charge in [0.1, 0.15) is 0 Å². The van der Waals surface area contributed by atoms with Crippen LogP contribution in [-0.2, 0) is 0 Å². The summed E-state index contributed by atoms with van der Waals surface area (Å²) in [5.74, 6) is 0.